The number of aromatic amines is 2. The summed E-state index contributed by atoms with van der Waals surface area (Å²) >= 11 is 0. The first-order chi connectivity index (χ1) is 18.6. The highest BCUT2D eigenvalue weighted by atomic mass is 16.6. The number of hydrogen-bond donors (Lipinski definition) is 4. The van der Waals surface area contributed by atoms with Gasteiger partial charge < -0.3 is 28.7 Å². The number of nitrogens with one attached hydrogen (secondary N) is 2. The molecule has 0 fully saturated rings. The van der Waals surface area contributed by atoms with Crippen LogP contribution < -0.4 is 22.4 Å². The third-order valence-corrected chi connectivity index (χ3v) is 5.17. The van der Waals surface area contributed by atoms with E-state index in [4.69, 9.17) is 14.6 Å². The molecule has 216 valence electrons. The average molecular weight is 565 g/mol. The summed E-state index contributed by atoms with van der Waals surface area (Å²) in [6.07, 6.45) is 0. The average Bonchev–Trinajstić information content (AvgIpc) is 3.22. The number of aromatic hydroxyl groups is 2. The van der Waals surface area contributed by atoms with Gasteiger partial charge in [-0.05, 0) is 20.8 Å². The van der Waals surface area contributed by atoms with Crippen molar-refractivity contribution < 1.29 is 24.5 Å². The first kappa shape index (κ1) is 32.5. The van der Waals surface area contributed by atoms with Crippen LogP contribution in [-0.2, 0) is 14.1 Å². The highest BCUT2D eigenvalue weighted by Gasteiger charge is 2.21. The minimum Gasteiger partial charge on any atom is -0.502 e. The maximum Gasteiger partial charge on any atom is 0.417 e. The molecule has 0 saturated carbocycles. The lowest BCUT2D eigenvalue weighted by Gasteiger charge is -2.03. The minimum absolute atomic E-state index is 0.220. The number of hydrogen-bond acceptors (Lipinski definition) is 11. The molecule has 40 heavy (non-hydrogen) atoms. The summed E-state index contributed by atoms with van der Waals surface area (Å²) in [5, 5.41) is 38.6. The van der Waals surface area contributed by atoms with Gasteiger partial charge in [-0.15, -0.1) is 0 Å². The topological polar surface area (TPSA) is 250 Å². The zero-order chi connectivity index (χ0) is 31.1. The lowest BCUT2D eigenvalue weighted by molar-refractivity contribution is -0.387. The second-order valence-corrected chi connectivity index (χ2v) is 7.82. The summed E-state index contributed by atoms with van der Waals surface area (Å²) in [6, 6.07) is 3.95. The van der Waals surface area contributed by atoms with Crippen molar-refractivity contribution in [3.8, 4) is 11.5 Å². The number of H-pyrrole nitrogens is 2. The number of aromatic nitrogens is 4. The van der Waals surface area contributed by atoms with Crippen LogP contribution in [0.3, 0.4) is 0 Å². The predicted octanol–water partition coefficient (Wildman–Crippen LogP) is 1.76. The Hall–Kier alpha value is -5.48. The van der Waals surface area contributed by atoms with Crippen molar-refractivity contribution in [1.82, 2.24) is 19.1 Å². The summed E-state index contributed by atoms with van der Waals surface area (Å²) in [4.78, 5) is 67.6. The van der Waals surface area contributed by atoms with E-state index in [0.717, 1.165) is 16.3 Å². The number of rotatable bonds is 2. The molecular formula is C23H28N6O11. The molecule has 4 heterocycles. The lowest BCUT2D eigenvalue weighted by Crippen LogP contribution is -2.21. The first-order valence-electron chi connectivity index (χ1n) is 11.4. The van der Waals surface area contributed by atoms with Gasteiger partial charge >= 0.3 is 28.2 Å². The van der Waals surface area contributed by atoms with Crippen LogP contribution in [0, 0.1) is 41.0 Å². The molecule has 0 aliphatic heterocycles. The Morgan fingerprint density at radius 1 is 0.775 bits per heavy atom. The van der Waals surface area contributed by atoms with E-state index < -0.39 is 49.6 Å². The minimum atomic E-state index is -0.923. The fourth-order valence-electron chi connectivity index (χ4n) is 3.02. The molecule has 0 saturated heterocycles. The summed E-state index contributed by atoms with van der Waals surface area (Å²) in [5.74, 6) is -1.80. The molecule has 0 aliphatic rings. The Kier molecular flexibility index (Phi) is 10.9. The Bertz CT molecular complexity index is 1790. The molecule has 4 aromatic heterocycles. The standard InChI is InChI=1S/C8H8N2O3.C7H8N2O4.C6H6N2O4.C2H6/c1-4-3-5-6(7(11)10(4)2)9-8(12)13-5;1-4-3-5(10)6(9(12)13)7(11)8(4)2;1-3-2-4(9)5(8(11)12)6(10)7-3;1-2/h3H,1-2H3,(H,9,12);3,10H,1-2H3;2H,1H3,(H2,7,9,10);1-2H3. The number of fused-ring (bicyclic) bond motifs is 1. The highest BCUT2D eigenvalue weighted by Crippen LogP contribution is 2.21. The maximum atomic E-state index is 11.5. The van der Waals surface area contributed by atoms with Gasteiger partial charge in [0.2, 0.25) is 11.5 Å². The number of pyridine rings is 3. The molecule has 0 bridgehead atoms. The van der Waals surface area contributed by atoms with E-state index in [-0.39, 0.29) is 11.1 Å². The van der Waals surface area contributed by atoms with Crippen LogP contribution in [0.25, 0.3) is 11.1 Å². The molecule has 0 radical (unpaired) electrons. The fraction of sp³-hybridized carbons (Fsp3) is 0.304. The smallest absolute Gasteiger partial charge is 0.417 e. The molecule has 17 nitrogen and oxygen atoms in total. The Morgan fingerprint density at radius 2 is 1.25 bits per heavy atom. The van der Waals surface area contributed by atoms with E-state index in [0.29, 0.717) is 17.0 Å². The van der Waals surface area contributed by atoms with Gasteiger partial charge in [-0.2, -0.15) is 0 Å². The van der Waals surface area contributed by atoms with E-state index >= 15 is 0 Å². The third kappa shape index (κ3) is 7.30. The molecule has 4 aromatic rings. The predicted molar refractivity (Wildman–Crippen MR) is 143 cm³/mol. The van der Waals surface area contributed by atoms with Crippen LogP contribution in [-0.4, -0.2) is 39.2 Å². The molecule has 17 heteroatoms. The van der Waals surface area contributed by atoms with Crippen molar-refractivity contribution in [2.24, 2.45) is 14.1 Å². The van der Waals surface area contributed by atoms with E-state index in [1.54, 1.807) is 27.0 Å². The molecule has 0 unspecified atom stereocenters. The van der Waals surface area contributed by atoms with Crippen molar-refractivity contribution >= 4 is 22.5 Å². The zero-order valence-electron chi connectivity index (χ0n) is 22.6. The molecule has 0 atom stereocenters. The van der Waals surface area contributed by atoms with Crippen molar-refractivity contribution in [3.63, 3.8) is 0 Å². The summed E-state index contributed by atoms with van der Waals surface area (Å²) < 4.78 is 7.32. The number of oxazole rings is 1. The molecular weight excluding hydrogens is 536 g/mol. The second kappa shape index (κ2) is 13.4. The summed E-state index contributed by atoms with van der Waals surface area (Å²) in [5.41, 5.74) is -1.42. The quantitative estimate of drug-likeness (QED) is 0.201. The highest BCUT2D eigenvalue weighted by molar-refractivity contribution is 5.71. The van der Waals surface area contributed by atoms with Crippen molar-refractivity contribution in [2.75, 3.05) is 0 Å². The molecule has 0 aromatic carbocycles. The van der Waals surface area contributed by atoms with Gasteiger partial charge in [0.1, 0.15) is 0 Å². The number of nitrogens with zero attached hydrogens (tertiary/aromatic N) is 4. The normalized spacial score (nSPS) is 9.88. The Balaban J connectivity index is 0.000000291. The van der Waals surface area contributed by atoms with Gasteiger partial charge in [0.15, 0.2) is 11.1 Å². The lowest BCUT2D eigenvalue weighted by atomic mass is 10.3. The van der Waals surface area contributed by atoms with Gasteiger partial charge in [-0.25, -0.2) is 4.79 Å². The number of aryl methyl sites for hydroxylation is 3. The molecule has 0 aliphatic carbocycles. The van der Waals surface area contributed by atoms with Crippen LogP contribution in [0.1, 0.15) is 30.9 Å². The third-order valence-electron chi connectivity index (χ3n) is 5.17. The van der Waals surface area contributed by atoms with Crippen molar-refractivity contribution in [2.45, 2.75) is 34.6 Å². The summed E-state index contributed by atoms with van der Waals surface area (Å²) in [7, 11) is 3.05. The largest absolute Gasteiger partial charge is 0.502 e. The summed E-state index contributed by atoms with van der Waals surface area (Å²) in [6.45, 7) is 8.86. The molecule has 4 rings (SSSR count). The number of nitro groups is 2. The van der Waals surface area contributed by atoms with Gasteiger partial charge in [-0.1, -0.05) is 13.8 Å². The van der Waals surface area contributed by atoms with Crippen LogP contribution in [0.4, 0.5) is 11.4 Å². The van der Waals surface area contributed by atoms with Crippen LogP contribution in [0.5, 0.6) is 11.5 Å². The molecule has 0 amide bonds. The van der Waals surface area contributed by atoms with E-state index in [9.17, 15) is 39.4 Å². The van der Waals surface area contributed by atoms with E-state index in [2.05, 4.69) is 9.97 Å². The Labute approximate surface area is 223 Å². The monoisotopic (exact) mass is 564 g/mol. The van der Waals surface area contributed by atoms with Gasteiger partial charge in [0.05, 0.1) is 9.85 Å². The van der Waals surface area contributed by atoms with Crippen molar-refractivity contribution in [1.29, 1.82) is 0 Å². The van der Waals surface area contributed by atoms with Crippen LogP contribution in [0.2, 0.25) is 0 Å². The SMILES string of the molecule is CC.Cc1cc(O)c([N+](=O)[O-])c(=O)[nH]1.Cc1cc(O)c([N+](=O)[O-])c(=O)n1C.Cc1cc2oc(=O)[nH]c2c(=O)n1C. The maximum absolute atomic E-state index is 11.5. The second-order valence-electron chi connectivity index (χ2n) is 7.82. The van der Waals surface area contributed by atoms with Crippen molar-refractivity contribution in [3.05, 3.63) is 97.1 Å². The first-order valence-corrected chi connectivity index (χ1v) is 11.4. The zero-order valence-corrected chi connectivity index (χ0v) is 22.6. The van der Waals surface area contributed by atoms with Crippen LogP contribution >= 0.6 is 0 Å². The van der Waals surface area contributed by atoms with Gasteiger partial charge in [0, 0.05) is 49.4 Å². The van der Waals surface area contributed by atoms with Crippen LogP contribution in [0.15, 0.2) is 41.8 Å². The van der Waals surface area contributed by atoms with E-state index in [1.807, 2.05) is 13.8 Å². The van der Waals surface area contributed by atoms with E-state index in [1.165, 1.54) is 24.6 Å². The fourth-order valence-corrected chi connectivity index (χ4v) is 3.02. The molecule has 0 spiro atoms. The molecule has 4 N–H and O–H groups in total. The Morgan fingerprint density at radius 3 is 1.75 bits per heavy atom. The van der Waals surface area contributed by atoms with Gasteiger partial charge in [0.25, 0.3) is 5.56 Å². The van der Waals surface area contributed by atoms with Gasteiger partial charge in [-0.3, -0.25) is 39.6 Å².